The second-order valence-corrected chi connectivity index (χ2v) is 3.88. The van der Waals surface area contributed by atoms with Crippen LogP contribution in [0.2, 0.25) is 0 Å². The summed E-state index contributed by atoms with van der Waals surface area (Å²) >= 11 is 0. The maximum absolute atomic E-state index is 10.9. The highest BCUT2D eigenvalue weighted by Crippen LogP contribution is 2.32. The van der Waals surface area contributed by atoms with E-state index in [0.717, 1.165) is 12.4 Å². The molecule has 0 spiro atoms. The molecule has 108 valence electrons. The van der Waals surface area contributed by atoms with Gasteiger partial charge in [-0.3, -0.25) is 10.1 Å². The van der Waals surface area contributed by atoms with Crippen molar-refractivity contribution in [3.05, 3.63) is 40.2 Å². The van der Waals surface area contributed by atoms with Crippen molar-refractivity contribution < 1.29 is 19.9 Å². The summed E-state index contributed by atoms with van der Waals surface area (Å²) in [6.45, 7) is 0. The molecule has 0 bridgehead atoms. The van der Waals surface area contributed by atoms with Crippen LogP contribution in [0.5, 0.6) is 5.75 Å². The van der Waals surface area contributed by atoms with Gasteiger partial charge in [0.1, 0.15) is 12.1 Å². The quantitative estimate of drug-likeness (QED) is 0.366. The van der Waals surface area contributed by atoms with E-state index < -0.39 is 22.3 Å². The summed E-state index contributed by atoms with van der Waals surface area (Å²) in [5.41, 5.74) is 4.78. The molecule has 1 aromatic heterocycles. The Bertz CT molecular complexity index is 733. The molecule has 10 heteroatoms. The van der Waals surface area contributed by atoms with E-state index in [2.05, 4.69) is 15.3 Å². The van der Waals surface area contributed by atoms with Crippen molar-refractivity contribution in [1.82, 2.24) is 9.97 Å². The number of hydrogen-bond acceptors (Lipinski definition) is 8. The summed E-state index contributed by atoms with van der Waals surface area (Å²) in [5, 5.41) is 32.0. The molecular formula is C11H9N5O5. The van der Waals surface area contributed by atoms with Crippen molar-refractivity contribution >= 4 is 29.0 Å². The predicted octanol–water partition coefficient (Wildman–Crippen LogP) is 1.11. The normalized spacial score (nSPS) is 10.1. The maximum atomic E-state index is 10.9. The molecule has 2 aromatic rings. The molecule has 10 nitrogen and oxygen atoms in total. The molecule has 0 saturated heterocycles. The number of nitro groups is 1. The Morgan fingerprint density at radius 2 is 2.10 bits per heavy atom. The molecule has 2 rings (SSSR count). The Morgan fingerprint density at radius 3 is 2.67 bits per heavy atom. The molecule has 0 saturated carbocycles. The fourth-order valence-electron chi connectivity index (χ4n) is 1.56. The third-order valence-electron chi connectivity index (χ3n) is 2.53. The van der Waals surface area contributed by atoms with Crippen LogP contribution >= 0.6 is 0 Å². The summed E-state index contributed by atoms with van der Waals surface area (Å²) in [5.74, 6) is -2.17. The van der Waals surface area contributed by atoms with Crippen LogP contribution in [-0.4, -0.2) is 31.1 Å². The Kier molecular flexibility index (Phi) is 3.52. The van der Waals surface area contributed by atoms with E-state index in [-0.39, 0.29) is 22.9 Å². The summed E-state index contributed by atoms with van der Waals surface area (Å²) in [6.07, 6.45) is 1.02. The van der Waals surface area contributed by atoms with Gasteiger partial charge < -0.3 is 21.3 Å². The molecular weight excluding hydrogens is 282 g/mol. The minimum absolute atomic E-state index is 0.0428. The molecule has 21 heavy (non-hydrogen) atoms. The average Bonchev–Trinajstić information content (AvgIpc) is 2.40. The van der Waals surface area contributed by atoms with Crippen LogP contribution in [0.4, 0.5) is 23.0 Å². The molecule has 0 atom stereocenters. The van der Waals surface area contributed by atoms with Crippen LogP contribution in [0.25, 0.3) is 0 Å². The second kappa shape index (κ2) is 5.28. The number of anilines is 3. The molecule has 0 aliphatic heterocycles. The van der Waals surface area contributed by atoms with Gasteiger partial charge in [-0.25, -0.2) is 14.8 Å². The number of nitrogens with two attached hydrogens (primary N) is 1. The average molecular weight is 291 g/mol. The van der Waals surface area contributed by atoms with Crippen molar-refractivity contribution in [2.75, 3.05) is 11.1 Å². The van der Waals surface area contributed by atoms with Crippen molar-refractivity contribution in [3.8, 4) is 5.75 Å². The Labute approximate surface area is 117 Å². The first-order valence-electron chi connectivity index (χ1n) is 5.48. The number of nitrogens with zero attached hydrogens (tertiary/aromatic N) is 3. The zero-order valence-corrected chi connectivity index (χ0v) is 10.3. The molecule has 1 aromatic carbocycles. The molecule has 5 N–H and O–H groups in total. The van der Waals surface area contributed by atoms with E-state index in [0.29, 0.717) is 0 Å². The first-order valence-corrected chi connectivity index (χ1v) is 5.48. The van der Waals surface area contributed by atoms with Crippen LogP contribution in [0, 0.1) is 10.1 Å². The number of aromatic hydroxyl groups is 1. The summed E-state index contributed by atoms with van der Waals surface area (Å²) in [6, 6.07) is 3.47. The van der Waals surface area contributed by atoms with Crippen molar-refractivity contribution in [2.45, 2.75) is 0 Å². The molecule has 0 fully saturated rings. The third-order valence-corrected chi connectivity index (χ3v) is 2.53. The minimum atomic E-state index is -1.21. The number of carboxylic acids is 1. The van der Waals surface area contributed by atoms with E-state index in [1.165, 1.54) is 12.1 Å². The highest BCUT2D eigenvalue weighted by Gasteiger charge is 2.21. The van der Waals surface area contributed by atoms with Gasteiger partial charge in [0.05, 0.1) is 16.2 Å². The van der Waals surface area contributed by atoms with Gasteiger partial charge in [0.2, 0.25) is 11.6 Å². The van der Waals surface area contributed by atoms with E-state index in [4.69, 9.17) is 10.8 Å². The first-order chi connectivity index (χ1) is 9.90. The number of phenolic OH excluding ortho intramolecular Hbond substituents is 1. The van der Waals surface area contributed by atoms with Gasteiger partial charge in [0.15, 0.2) is 0 Å². The number of hydrogen-bond donors (Lipinski definition) is 4. The van der Waals surface area contributed by atoms with Crippen molar-refractivity contribution in [3.63, 3.8) is 0 Å². The molecule has 0 unspecified atom stereocenters. The summed E-state index contributed by atoms with van der Waals surface area (Å²) in [7, 11) is 0. The number of aromatic nitrogens is 2. The van der Waals surface area contributed by atoms with Gasteiger partial charge in [-0.1, -0.05) is 0 Å². The predicted molar refractivity (Wildman–Crippen MR) is 71.4 cm³/mol. The number of aromatic carboxylic acids is 1. The SMILES string of the molecule is Nc1ncnc(Nc2ccc(C(=O)O)cc2O)c1[N+](=O)[O-]. The fourth-order valence-corrected chi connectivity index (χ4v) is 1.56. The fraction of sp³-hybridized carbons (Fsp3) is 0. The van der Waals surface area contributed by atoms with Crippen molar-refractivity contribution in [2.24, 2.45) is 0 Å². The molecule has 0 aliphatic rings. The number of benzene rings is 1. The van der Waals surface area contributed by atoms with Gasteiger partial charge in [0.25, 0.3) is 0 Å². The van der Waals surface area contributed by atoms with Gasteiger partial charge in [-0.05, 0) is 18.2 Å². The lowest BCUT2D eigenvalue weighted by Gasteiger charge is -2.09. The van der Waals surface area contributed by atoms with Crippen LogP contribution in [-0.2, 0) is 0 Å². The number of carboxylic acid groups (broad SMARTS) is 1. The van der Waals surface area contributed by atoms with Crippen LogP contribution in [0.15, 0.2) is 24.5 Å². The maximum Gasteiger partial charge on any atom is 0.353 e. The van der Waals surface area contributed by atoms with Gasteiger partial charge in [-0.2, -0.15) is 0 Å². The third kappa shape index (κ3) is 2.78. The summed E-state index contributed by atoms with van der Waals surface area (Å²) < 4.78 is 0. The minimum Gasteiger partial charge on any atom is -0.506 e. The topological polar surface area (TPSA) is 165 Å². The largest absolute Gasteiger partial charge is 0.506 e. The number of carbonyl (C=O) groups is 1. The van der Waals surface area contributed by atoms with Gasteiger partial charge in [-0.15, -0.1) is 0 Å². The van der Waals surface area contributed by atoms with Crippen molar-refractivity contribution in [1.29, 1.82) is 0 Å². The van der Waals surface area contributed by atoms with Crippen LogP contribution in [0.3, 0.4) is 0 Å². The van der Waals surface area contributed by atoms with Gasteiger partial charge >= 0.3 is 11.7 Å². The number of nitrogen functional groups attached to an aromatic ring is 1. The molecule has 0 radical (unpaired) electrons. The molecule has 0 aliphatic carbocycles. The van der Waals surface area contributed by atoms with E-state index in [9.17, 15) is 20.0 Å². The highest BCUT2D eigenvalue weighted by atomic mass is 16.6. The smallest absolute Gasteiger partial charge is 0.353 e. The van der Waals surface area contributed by atoms with E-state index in [1.54, 1.807) is 0 Å². The Hall–Kier alpha value is -3.43. The number of rotatable bonds is 4. The summed E-state index contributed by atoms with van der Waals surface area (Å²) in [4.78, 5) is 28.1. The van der Waals surface area contributed by atoms with Crippen LogP contribution < -0.4 is 11.1 Å². The Balaban J connectivity index is 2.42. The zero-order chi connectivity index (χ0) is 15.6. The molecule has 1 heterocycles. The number of phenols is 1. The van der Waals surface area contributed by atoms with E-state index >= 15 is 0 Å². The lowest BCUT2D eigenvalue weighted by Crippen LogP contribution is -2.05. The Morgan fingerprint density at radius 1 is 1.38 bits per heavy atom. The monoisotopic (exact) mass is 291 g/mol. The number of nitrogens with one attached hydrogen (secondary N) is 1. The second-order valence-electron chi connectivity index (χ2n) is 3.88. The zero-order valence-electron chi connectivity index (χ0n) is 10.3. The first kappa shape index (κ1) is 14.0. The lowest BCUT2D eigenvalue weighted by molar-refractivity contribution is -0.383. The van der Waals surface area contributed by atoms with Crippen LogP contribution in [0.1, 0.15) is 10.4 Å². The standard InChI is InChI=1S/C11H9N5O5/c12-9-8(16(20)21)10(14-4-13-9)15-6-2-1-5(11(18)19)3-7(6)17/h1-4,17H,(H,18,19)(H3,12,13,14,15). The van der Waals surface area contributed by atoms with E-state index in [1.807, 2.05) is 0 Å². The molecule has 0 amide bonds. The van der Waals surface area contributed by atoms with Gasteiger partial charge in [0, 0.05) is 0 Å². The lowest BCUT2D eigenvalue weighted by atomic mass is 10.2. The highest BCUT2D eigenvalue weighted by molar-refractivity contribution is 5.89.